The van der Waals surface area contributed by atoms with Crippen molar-refractivity contribution in [1.82, 2.24) is 55.7 Å². The van der Waals surface area contributed by atoms with E-state index in [0.717, 1.165) is 6.20 Å². The summed E-state index contributed by atoms with van der Waals surface area (Å²) in [7, 11) is 0. The third-order valence-corrected chi connectivity index (χ3v) is 13.4. The van der Waals surface area contributed by atoms with E-state index >= 15 is 0 Å². The molecule has 0 radical (unpaired) electrons. The summed E-state index contributed by atoms with van der Waals surface area (Å²) in [4.78, 5) is 85.7. The standard InChI is InChI=1S/C48H50F3N15O6/c1-47(2)41(69)32-10-11-33(61-42(32)66(47)24-29-5-3-12-54-34(29)17-52)30-18-58-45(59-19-30)63-15-16-65-31(25-63)26-64(46(65)72)14-4-13-55-43(70)27-6-8-28(9-7-27)44(71)57-20-35-39(67)40(68)36(21-56-35)60-38-23-53-22-37(62-38)48(49,50)51/h3,5-12,18-19,22-23,31,35-36,39-40,56,67-68H,4,13-16,20-21,24-26H2,1-2H3,(H,55,70)(H,57,71)(H,60,62)/t31-,35+,36-,39-,40+/m0/s1. The van der Waals surface area contributed by atoms with Crippen LogP contribution in [0.3, 0.4) is 0 Å². The van der Waals surface area contributed by atoms with E-state index < -0.39 is 47.6 Å². The Balaban J connectivity index is 0.710. The smallest absolute Gasteiger partial charge is 0.389 e. The van der Waals surface area contributed by atoms with Crippen molar-refractivity contribution in [1.29, 1.82) is 5.26 Å². The second-order valence-corrected chi connectivity index (χ2v) is 18.4. The third-order valence-electron chi connectivity index (χ3n) is 13.4. The van der Waals surface area contributed by atoms with Gasteiger partial charge in [0.1, 0.15) is 29.5 Å². The molecule has 8 heterocycles. The lowest BCUT2D eigenvalue weighted by Crippen LogP contribution is -2.64. The minimum Gasteiger partial charge on any atom is -0.389 e. The van der Waals surface area contributed by atoms with E-state index in [0.29, 0.717) is 91.6 Å². The minimum absolute atomic E-state index is 0.0328. The topological polar surface area (TPSA) is 271 Å². The molecule has 374 valence electrons. The minimum atomic E-state index is -4.71. The summed E-state index contributed by atoms with van der Waals surface area (Å²) in [6.07, 6.45) is -0.418. The van der Waals surface area contributed by atoms with Crippen LogP contribution in [0.4, 0.5) is 35.5 Å². The number of halogens is 3. The fraction of sp³-hybridized carbons (Fsp3) is 0.396. The molecule has 4 aromatic heterocycles. The quantitative estimate of drug-likeness (QED) is 0.0871. The Hall–Kier alpha value is -7.88. The zero-order chi connectivity index (χ0) is 50.9. The van der Waals surface area contributed by atoms with Crippen LogP contribution < -0.4 is 31.1 Å². The molecule has 3 fully saturated rings. The first-order valence-corrected chi connectivity index (χ1v) is 23.2. The van der Waals surface area contributed by atoms with Crippen molar-refractivity contribution >= 4 is 41.2 Å². The van der Waals surface area contributed by atoms with E-state index in [9.17, 15) is 47.8 Å². The normalized spacial score (nSPS) is 21.5. The van der Waals surface area contributed by atoms with E-state index in [-0.39, 0.29) is 60.5 Å². The molecule has 9 rings (SSSR count). The predicted octanol–water partition coefficient (Wildman–Crippen LogP) is 2.25. The lowest BCUT2D eigenvalue weighted by molar-refractivity contribution is -0.141. The number of rotatable bonds is 14. The number of Topliss-reactive ketones (excluding diaryl/α,β-unsaturated/α-hetero) is 1. The van der Waals surface area contributed by atoms with Crippen molar-refractivity contribution in [2.24, 2.45) is 0 Å². The molecule has 24 heteroatoms. The number of fused-ring (bicyclic) bond motifs is 2. The Kier molecular flexibility index (Phi) is 13.7. The van der Waals surface area contributed by atoms with Gasteiger partial charge in [-0.2, -0.15) is 18.4 Å². The van der Waals surface area contributed by atoms with Crippen LogP contribution in [0.15, 0.2) is 79.5 Å². The maximum Gasteiger partial charge on any atom is 0.434 e. The number of aliphatic hydroxyl groups is 2. The molecule has 72 heavy (non-hydrogen) atoms. The molecule has 5 atom stereocenters. The van der Waals surface area contributed by atoms with Crippen LogP contribution in [0.1, 0.15) is 68.3 Å². The molecule has 6 N–H and O–H groups in total. The number of nitrogens with zero attached hydrogens (tertiary/aromatic N) is 11. The van der Waals surface area contributed by atoms with E-state index in [1.807, 2.05) is 34.6 Å². The Labute approximate surface area is 410 Å². The number of aliphatic hydroxyl groups excluding tert-OH is 2. The highest BCUT2D eigenvalue weighted by Gasteiger charge is 2.46. The van der Waals surface area contributed by atoms with Gasteiger partial charge in [0.25, 0.3) is 11.8 Å². The molecule has 0 bridgehead atoms. The lowest BCUT2D eigenvalue weighted by atomic mass is 9.94. The summed E-state index contributed by atoms with van der Waals surface area (Å²) in [6, 6.07) is 13.3. The maximum atomic E-state index is 13.5. The Morgan fingerprint density at radius 2 is 1.65 bits per heavy atom. The molecule has 0 spiro atoms. The summed E-state index contributed by atoms with van der Waals surface area (Å²) < 4.78 is 39.1. The van der Waals surface area contributed by atoms with Crippen molar-refractivity contribution in [2.45, 2.75) is 68.9 Å². The van der Waals surface area contributed by atoms with E-state index in [1.165, 1.54) is 24.3 Å². The molecule has 0 saturated carbocycles. The number of urea groups is 1. The number of nitrogens with one attached hydrogen (secondary N) is 4. The van der Waals surface area contributed by atoms with Crippen LogP contribution in [0, 0.1) is 11.3 Å². The second kappa shape index (κ2) is 20.1. The predicted molar refractivity (Wildman–Crippen MR) is 252 cm³/mol. The van der Waals surface area contributed by atoms with Gasteiger partial charge >= 0.3 is 12.2 Å². The molecule has 5 aromatic rings. The fourth-order valence-electron chi connectivity index (χ4n) is 9.32. The van der Waals surface area contributed by atoms with Crippen LogP contribution in [0.5, 0.6) is 0 Å². The number of alkyl halides is 3. The van der Waals surface area contributed by atoms with Crippen molar-refractivity contribution in [3.8, 4) is 17.3 Å². The SMILES string of the molecule is CC1(C)C(=O)c2ccc(-c3cnc(N4CCN5C(=O)N(CCCNC(=O)c6ccc(C(=O)NC[C@H]7NC[C@H](Nc8cncc(C(F)(F)F)n8)[C@@H](O)[C@H]7O)cc6)C[C@@H]5C4)nc3)nc2N1Cc1cccnc1C#N. The van der Waals surface area contributed by atoms with Crippen LogP contribution in [0.25, 0.3) is 11.3 Å². The van der Waals surface area contributed by atoms with Crippen LogP contribution in [-0.4, -0.2) is 162 Å². The number of carbonyl (C=O) groups excluding carboxylic acids is 4. The van der Waals surface area contributed by atoms with Gasteiger partial charge in [-0.15, -0.1) is 0 Å². The number of nitriles is 1. The average Bonchev–Trinajstić information content (AvgIpc) is 3.80. The summed E-state index contributed by atoms with van der Waals surface area (Å²) in [5.74, 6) is -0.134. The van der Waals surface area contributed by atoms with Gasteiger partial charge in [-0.3, -0.25) is 19.4 Å². The van der Waals surface area contributed by atoms with Gasteiger partial charge in [0.2, 0.25) is 5.95 Å². The molecule has 4 aliphatic rings. The average molecular weight is 990 g/mol. The van der Waals surface area contributed by atoms with Gasteiger partial charge in [-0.25, -0.2) is 29.7 Å². The molecule has 21 nitrogen and oxygen atoms in total. The zero-order valence-corrected chi connectivity index (χ0v) is 39.0. The highest BCUT2D eigenvalue weighted by atomic mass is 19.4. The van der Waals surface area contributed by atoms with E-state index in [2.05, 4.69) is 52.3 Å². The number of amides is 4. The van der Waals surface area contributed by atoms with Gasteiger partial charge < -0.3 is 51.1 Å². The first-order chi connectivity index (χ1) is 34.5. The summed E-state index contributed by atoms with van der Waals surface area (Å²) >= 11 is 0. The largest absolute Gasteiger partial charge is 0.434 e. The molecule has 1 aromatic carbocycles. The molecular formula is C48H50F3N15O6. The monoisotopic (exact) mass is 989 g/mol. The molecule has 4 amide bonds. The summed E-state index contributed by atoms with van der Waals surface area (Å²) in [5.41, 5.74) is 1.16. The van der Waals surface area contributed by atoms with Gasteiger partial charge in [0.05, 0.1) is 53.4 Å². The van der Waals surface area contributed by atoms with Crippen molar-refractivity contribution in [3.63, 3.8) is 0 Å². The number of benzene rings is 1. The van der Waals surface area contributed by atoms with Gasteiger partial charge in [-0.05, 0) is 62.7 Å². The number of hydrogen-bond donors (Lipinski definition) is 6. The van der Waals surface area contributed by atoms with E-state index in [1.54, 1.807) is 41.7 Å². The number of piperidine rings is 1. The number of carbonyl (C=O) groups is 4. The number of ketones is 1. The fourth-order valence-corrected chi connectivity index (χ4v) is 9.32. The first-order valence-electron chi connectivity index (χ1n) is 23.2. The molecule has 4 aliphatic heterocycles. The highest BCUT2D eigenvalue weighted by Crippen LogP contribution is 2.40. The number of pyridine rings is 2. The highest BCUT2D eigenvalue weighted by molar-refractivity contribution is 6.13. The van der Waals surface area contributed by atoms with Crippen LogP contribution >= 0.6 is 0 Å². The van der Waals surface area contributed by atoms with Crippen LogP contribution in [-0.2, 0) is 12.7 Å². The lowest BCUT2D eigenvalue weighted by Gasteiger charge is -2.39. The summed E-state index contributed by atoms with van der Waals surface area (Å²) in [5, 5.41) is 42.2. The molecule has 0 unspecified atom stereocenters. The van der Waals surface area contributed by atoms with Gasteiger partial charge in [0, 0.05) is 99.7 Å². The maximum absolute atomic E-state index is 13.5. The first kappa shape index (κ1) is 49.1. The zero-order valence-electron chi connectivity index (χ0n) is 39.0. The third kappa shape index (κ3) is 10.0. The molecule has 0 aliphatic carbocycles. The second-order valence-electron chi connectivity index (χ2n) is 18.4. The van der Waals surface area contributed by atoms with Crippen molar-refractivity contribution in [2.75, 3.05) is 67.5 Å². The Bertz CT molecular complexity index is 2900. The molecular weight excluding hydrogens is 940 g/mol. The van der Waals surface area contributed by atoms with Gasteiger partial charge in [0.15, 0.2) is 11.5 Å². The number of aromatic nitrogens is 6. The van der Waals surface area contributed by atoms with Crippen LogP contribution in [0.2, 0.25) is 0 Å². The summed E-state index contributed by atoms with van der Waals surface area (Å²) in [6.45, 7) is 6.66. The van der Waals surface area contributed by atoms with Crippen molar-refractivity contribution < 1.29 is 42.6 Å². The molecule has 3 saturated heterocycles. The number of piperazine rings is 1. The Morgan fingerprint density at radius 3 is 2.38 bits per heavy atom. The number of hydrogen-bond acceptors (Lipinski definition) is 17. The van der Waals surface area contributed by atoms with E-state index in [4.69, 9.17) is 4.98 Å². The Morgan fingerprint density at radius 1 is 0.917 bits per heavy atom. The number of anilines is 3. The van der Waals surface area contributed by atoms with Crippen molar-refractivity contribution in [3.05, 3.63) is 113 Å². The van der Waals surface area contributed by atoms with Gasteiger partial charge in [-0.1, -0.05) is 6.07 Å².